The summed E-state index contributed by atoms with van der Waals surface area (Å²) < 4.78 is 26.4. The summed E-state index contributed by atoms with van der Waals surface area (Å²) in [6.45, 7) is 0. The highest BCUT2D eigenvalue weighted by Crippen LogP contribution is 2.37. The Labute approximate surface area is 140 Å². The first-order valence-corrected chi connectivity index (χ1v) is 8.43. The highest BCUT2D eigenvalue weighted by molar-refractivity contribution is 6.25. The Morgan fingerprint density at radius 3 is 2.09 bits per heavy atom. The number of halogens is 3. The zero-order valence-electron chi connectivity index (χ0n) is 12.8. The van der Waals surface area contributed by atoms with Crippen molar-refractivity contribution >= 4 is 11.6 Å². The van der Waals surface area contributed by atoms with E-state index in [-0.39, 0.29) is 0 Å². The van der Waals surface area contributed by atoms with Gasteiger partial charge in [0.15, 0.2) is 11.6 Å². The molecule has 120 valence electrons. The van der Waals surface area contributed by atoms with E-state index in [1.54, 1.807) is 11.6 Å². The van der Waals surface area contributed by atoms with Crippen LogP contribution in [-0.4, -0.2) is 0 Å². The van der Waals surface area contributed by atoms with E-state index in [1.165, 1.54) is 30.5 Å². The second-order valence-corrected chi connectivity index (χ2v) is 6.43. The summed E-state index contributed by atoms with van der Waals surface area (Å²) in [4.78, 5) is 0. The van der Waals surface area contributed by atoms with E-state index in [0.29, 0.717) is 17.4 Å². The molecule has 0 bridgehead atoms. The summed E-state index contributed by atoms with van der Waals surface area (Å²) in [5, 5.41) is 0. The molecule has 2 aromatic carbocycles. The molecule has 0 N–H and O–H groups in total. The van der Waals surface area contributed by atoms with E-state index in [4.69, 9.17) is 11.6 Å². The van der Waals surface area contributed by atoms with Gasteiger partial charge in [-0.15, -0.1) is 0 Å². The SMILES string of the molecule is Fc1ccc(-c2ccc([C@H]3CC[C@H](/C=C/Cl)CC3)cc2)cc1F. The largest absolute Gasteiger partial charge is 0.204 e. The second kappa shape index (κ2) is 7.27. The van der Waals surface area contributed by atoms with Crippen LogP contribution >= 0.6 is 11.6 Å². The zero-order valence-corrected chi connectivity index (χ0v) is 13.6. The van der Waals surface area contributed by atoms with Crippen LogP contribution in [-0.2, 0) is 0 Å². The number of rotatable bonds is 3. The Morgan fingerprint density at radius 1 is 0.826 bits per heavy atom. The molecule has 3 rings (SSSR count). The van der Waals surface area contributed by atoms with Gasteiger partial charge in [0, 0.05) is 5.54 Å². The summed E-state index contributed by atoms with van der Waals surface area (Å²) in [6, 6.07) is 12.2. The summed E-state index contributed by atoms with van der Waals surface area (Å²) in [7, 11) is 0. The molecule has 0 aliphatic heterocycles. The lowest BCUT2D eigenvalue weighted by Crippen LogP contribution is -2.11. The first kappa shape index (κ1) is 16.2. The third-order valence-electron chi connectivity index (χ3n) is 4.75. The van der Waals surface area contributed by atoms with E-state index >= 15 is 0 Å². The van der Waals surface area contributed by atoms with Crippen LogP contribution in [0, 0.1) is 17.6 Å². The van der Waals surface area contributed by atoms with Gasteiger partial charge in [-0.3, -0.25) is 0 Å². The molecule has 0 nitrogen and oxygen atoms in total. The Bertz CT molecular complexity index is 683. The molecule has 0 saturated heterocycles. The zero-order chi connectivity index (χ0) is 16.2. The lowest BCUT2D eigenvalue weighted by Gasteiger charge is -2.27. The van der Waals surface area contributed by atoms with Crippen LogP contribution in [0.1, 0.15) is 37.2 Å². The Kier molecular flexibility index (Phi) is 5.12. The monoisotopic (exact) mass is 332 g/mol. The minimum atomic E-state index is -0.812. The van der Waals surface area contributed by atoms with Crippen molar-refractivity contribution in [1.82, 2.24) is 0 Å². The van der Waals surface area contributed by atoms with E-state index in [2.05, 4.69) is 18.2 Å². The van der Waals surface area contributed by atoms with Gasteiger partial charge >= 0.3 is 0 Å². The van der Waals surface area contributed by atoms with Crippen molar-refractivity contribution in [3.05, 3.63) is 71.3 Å². The van der Waals surface area contributed by atoms with Crippen molar-refractivity contribution in [2.45, 2.75) is 31.6 Å². The molecular formula is C20H19ClF2. The fourth-order valence-electron chi connectivity index (χ4n) is 3.37. The molecule has 23 heavy (non-hydrogen) atoms. The van der Waals surface area contributed by atoms with E-state index < -0.39 is 11.6 Å². The minimum Gasteiger partial charge on any atom is -0.204 e. The van der Waals surface area contributed by atoms with Crippen LogP contribution in [0.2, 0.25) is 0 Å². The van der Waals surface area contributed by atoms with Crippen LogP contribution in [0.25, 0.3) is 11.1 Å². The quantitative estimate of drug-likeness (QED) is 0.589. The molecule has 0 amide bonds. The molecule has 0 unspecified atom stereocenters. The molecule has 1 aliphatic rings. The second-order valence-electron chi connectivity index (χ2n) is 6.18. The Hall–Kier alpha value is -1.67. The van der Waals surface area contributed by atoms with Crippen LogP contribution in [0.3, 0.4) is 0 Å². The van der Waals surface area contributed by atoms with Gasteiger partial charge in [-0.05, 0) is 66.3 Å². The standard InChI is InChI=1S/C20H19ClF2/c21-12-11-14-1-3-15(4-2-14)16-5-7-17(8-6-16)18-9-10-19(22)20(23)13-18/h5-15H,1-4H2/b12-11+/t14-,15-. The number of allylic oxidation sites excluding steroid dienone is 1. The first-order chi connectivity index (χ1) is 11.2. The van der Waals surface area contributed by atoms with Gasteiger partial charge < -0.3 is 0 Å². The number of hydrogen-bond acceptors (Lipinski definition) is 0. The molecule has 0 heterocycles. The molecule has 1 saturated carbocycles. The van der Waals surface area contributed by atoms with Gasteiger partial charge in [0.1, 0.15) is 0 Å². The van der Waals surface area contributed by atoms with Gasteiger partial charge in [-0.2, -0.15) is 0 Å². The molecule has 0 aromatic heterocycles. The Morgan fingerprint density at radius 2 is 1.48 bits per heavy atom. The summed E-state index contributed by atoms with van der Waals surface area (Å²) >= 11 is 5.65. The predicted octanol–water partition coefficient (Wildman–Crippen LogP) is 6.66. The lowest BCUT2D eigenvalue weighted by molar-refractivity contribution is 0.376. The van der Waals surface area contributed by atoms with Crippen LogP contribution in [0.5, 0.6) is 0 Å². The minimum absolute atomic E-state index is 0.578. The highest BCUT2D eigenvalue weighted by Gasteiger charge is 2.20. The normalized spacial score (nSPS) is 21.7. The summed E-state index contributed by atoms with van der Waals surface area (Å²) in [5.74, 6) is -0.440. The molecule has 0 spiro atoms. The molecule has 2 aromatic rings. The van der Waals surface area contributed by atoms with Gasteiger partial charge in [-0.1, -0.05) is 48.0 Å². The van der Waals surface area contributed by atoms with Crippen molar-refractivity contribution in [2.24, 2.45) is 5.92 Å². The third-order valence-corrected chi connectivity index (χ3v) is 4.90. The van der Waals surface area contributed by atoms with Crippen molar-refractivity contribution < 1.29 is 8.78 Å². The first-order valence-electron chi connectivity index (χ1n) is 7.99. The summed E-state index contributed by atoms with van der Waals surface area (Å²) in [5.41, 5.74) is 4.56. The van der Waals surface area contributed by atoms with Gasteiger partial charge in [0.2, 0.25) is 0 Å². The van der Waals surface area contributed by atoms with Crippen LogP contribution < -0.4 is 0 Å². The van der Waals surface area contributed by atoms with Crippen molar-refractivity contribution in [3.63, 3.8) is 0 Å². The lowest BCUT2D eigenvalue weighted by atomic mass is 9.78. The summed E-state index contributed by atoms with van der Waals surface area (Å²) in [6.07, 6.45) is 6.74. The van der Waals surface area contributed by atoms with Gasteiger partial charge in [-0.25, -0.2) is 8.78 Å². The molecule has 1 aliphatic carbocycles. The predicted molar refractivity (Wildman–Crippen MR) is 91.5 cm³/mol. The number of benzene rings is 2. The number of hydrogen-bond donors (Lipinski definition) is 0. The average Bonchev–Trinajstić information content (AvgIpc) is 2.59. The van der Waals surface area contributed by atoms with Crippen molar-refractivity contribution in [3.8, 4) is 11.1 Å². The molecule has 1 fully saturated rings. The Balaban J connectivity index is 1.71. The third kappa shape index (κ3) is 3.81. The topological polar surface area (TPSA) is 0 Å². The van der Waals surface area contributed by atoms with Crippen molar-refractivity contribution in [2.75, 3.05) is 0 Å². The smallest absolute Gasteiger partial charge is 0.159 e. The van der Waals surface area contributed by atoms with Gasteiger partial charge in [0.05, 0.1) is 0 Å². The molecular weight excluding hydrogens is 314 g/mol. The van der Waals surface area contributed by atoms with Crippen LogP contribution in [0.4, 0.5) is 8.78 Å². The molecule has 3 heteroatoms. The fraction of sp³-hybridized carbons (Fsp3) is 0.300. The maximum Gasteiger partial charge on any atom is 0.159 e. The molecule has 0 radical (unpaired) electrons. The maximum absolute atomic E-state index is 13.3. The highest BCUT2D eigenvalue weighted by atomic mass is 35.5. The maximum atomic E-state index is 13.3. The average molecular weight is 333 g/mol. The van der Waals surface area contributed by atoms with Crippen LogP contribution in [0.15, 0.2) is 54.1 Å². The molecule has 0 atom stereocenters. The fourth-order valence-corrected chi connectivity index (χ4v) is 3.58. The van der Waals surface area contributed by atoms with Crippen molar-refractivity contribution in [1.29, 1.82) is 0 Å². The van der Waals surface area contributed by atoms with Gasteiger partial charge in [0.25, 0.3) is 0 Å². The van der Waals surface area contributed by atoms with E-state index in [9.17, 15) is 8.78 Å². The van der Waals surface area contributed by atoms with E-state index in [0.717, 1.165) is 18.4 Å². The van der Waals surface area contributed by atoms with E-state index in [1.807, 2.05) is 12.1 Å².